The first-order chi connectivity index (χ1) is 18.7. The molecule has 2 unspecified atom stereocenters. The van der Waals surface area contributed by atoms with E-state index in [-0.39, 0.29) is 48.2 Å². The lowest BCUT2D eigenvalue weighted by molar-refractivity contribution is -0.174. The number of Topliss-reactive ketones (excluding diaryl/α,β-unsaturated/α-hetero) is 2. The number of anilines is 2. The Labute approximate surface area is 227 Å². The van der Waals surface area contributed by atoms with Crippen molar-refractivity contribution < 1.29 is 43.6 Å². The van der Waals surface area contributed by atoms with E-state index < -0.39 is 70.1 Å². The Morgan fingerprint density at radius 2 is 1.77 bits per heavy atom. The zero-order valence-electron chi connectivity index (χ0n) is 21.7. The monoisotopic (exact) mass is 557 g/mol. The number of rotatable bonds is 5. The number of phenols is 1. The van der Waals surface area contributed by atoms with Gasteiger partial charge in [-0.2, -0.15) is 0 Å². The van der Waals surface area contributed by atoms with Gasteiger partial charge in [0.15, 0.2) is 11.4 Å². The molecular formula is C28H29F2N3O7. The first-order valence-corrected chi connectivity index (χ1v) is 12.7. The Morgan fingerprint density at radius 3 is 2.38 bits per heavy atom. The summed E-state index contributed by atoms with van der Waals surface area (Å²) in [6, 6.07) is 4.58. The van der Waals surface area contributed by atoms with Gasteiger partial charge in [-0.15, -0.1) is 0 Å². The van der Waals surface area contributed by atoms with Crippen molar-refractivity contribution in [2.45, 2.75) is 37.5 Å². The predicted molar refractivity (Wildman–Crippen MR) is 139 cm³/mol. The molecule has 2 saturated carbocycles. The van der Waals surface area contributed by atoms with Crippen LogP contribution in [-0.2, 0) is 27.3 Å². The molecule has 2 aromatic carbocycles. The van der Waals surface area contributed by atoms with Crippen molar-refractivity contribution in [3.05, 3.63) is 58.2 Å². The molecule has 10 nitrogen and oxygen atoms in total. The van der Waals surface area contributed by atoms with Crippen LogP contribution in [0.5, 0.6) is 5.75 Å². The van der Waals surface area contributed by atoms with Crippen LogP contribution in [0, 0.1) is 29.4 Å². The summed E-state index contributed by atoms with van der Waals surface area (Å²) in [5.41, 5.74) is 3.69. The fraction of sp³-hybridized carbons (Fsp3) is 0.393. The number of carbonyl (C=O) groups is 3. The van der Waals surface area contributed by atoms with Crippen LogP contribution in [0.4, 0.5) is 20.2 Å². The lowest BCUT2D eigenvalue weighted by Crippen LogP contribution is -2.66. The van der Waals surface area contributed by atoms with Gasteiger partial charge in [0.25, 0.3) is 0 Å². The van der Waals surface area contributed by atoms with Crippen molar-refractivity contribution in [1.29, 1.82) is 0 Å². The lowest BCUT2D eigenvalue weighted by Gasteiger charge is -2.48. The van der Waals surface area contributed by atoms with Gasteiger partial charge in [0.2, 0.25) is 11.7 Å². The van der Waals surface area contributed by atoms with Crippen LogP contribution in [0.2, 0.25) is 0 Å². The highest BCUT2D eigenvalue weighted by Gasteiger charge is 2.64. The molecule has 212 valence electrons. The number of nitrogens with two attached hydrogens (primary N) is 1. The second kappa shape index (κ2) is 9.56. The minimum Gasteiger partial charge on any atom is -0.507 e. The summed E-state index contributed by atoms with van der Waals surface area (Å²) >= 11 is 0. The maximum absolute atomic E-state index is 13.7. The maximum Gasteiger partial charge on any atom is 0.230 e. The number of ketones is 2. The molecule has 0 saturated heterocycles. The predicted octanol–water partition coefficient (Wildman–Crippen LogP) is 1.55. The molecule has 0 radical (unpaired) electrons. The molecule has 2 fully saturated rings. The minimum absolute atomic E-state index is 0.0497. The Kier molecular flexibility index (Phi) is 6.58. The largest absolute Gasteiger partial charge is 0.507 e. The number of hydrogen-bond acceptors (Lipinski definition) is 9. The number of nitrogens with one attached hydrogen (secondary N) is 1. The van der Waals surface area contributed by atoms with Crippen LogP contribution in [0.15, 0.2) is 29.8 Å². The average molecular weight is 558 g/mol. The van der Waals surface area contributed by atoms with Gasteiger partial charge in [-0.05, 0) is 54.5 Å². The van der Waals surface area contributed by atoms with Gasteiger partial charge in [0.05, 0.1) is 17.4 Å². The Bertz CT molecular complexity index is 1470. The van der Waals surface area contributed by atoms with Gasteiger partial charge in [-0.25, -0.2) is 8.78 Å². The third-order valence-electron chi connectivity index (χ3n) is 8.25. The molecule has 2 aromatic rings. The number of hydrogen-bond donors (Lipinski definition) is 6. The standard InChI is InChI=1S/C28H29F2N3O7/c1-33(2)18-9-17(32-10-11-3-14(29)8-15(30)4-11)23(35)21-16(18)6-12-5-13-7-19(34)22(27(31)39)26(38)28(13,40)25(37)20(12)24(21)36/h3-4,8-9,12-13,19,22,32,34-36,40H,5-7,10H2,1-2H3,(H2,31,39)/t12-,13+,19?,22?,28+/m1/s1. The van der Waals surface area contributed by atoms with Gasteiger partial charge in [0.1, 0.15) is 29.1 Å². The Balaban J connectivity index is 1.60. The highest BCUT2D eigenvalue weighted by atomic mass is 19.1. The highest BCUT2D eigenvalue weighted by molar-refractivity contribution is 6.24. The van der Waals surface area contributed by atoms with Crippen LogP contribution >= 0.6 is 0 Å². The average Bonchev–Trinajstić information content (AvgIpc) is 2.84. The number of aliphatic hydroxyl groups excluding tert-OH is 2. The molecule has 0 bridgehead atoms. The summed E-state index contributed by atoms with van der Waals surface area (Å²) in [6.07, 6.45) is -1.46. The van der Waals surface area contributed by atoms with E-state index in [1.54, 1.807) is 25.1 Å². The molecule has 40 heavy (non-hydrogen) atoms. The molecule has 0 spiro atoms. The maximum atomic E-state index is 13.7. The van der Waals surface area contributed by atoms with Gasteiger partial charge >= 0.3 is 0 Å². The first kappa shape index (κ1) is 27.5. The van der Waals surface area contributed by atoms with Crippen LogP contribution in [0.3, 0.4) is 0 Å². The molecule has 12 heteroatoms. The van der Waals surface area contributed by atoms with E-state index in [4.69, 9.17) is 5.73 Å². The van der Waals surface area contributed by atoms with E-state index in [9.17, 15) is 43.6 Å². The molecule has 5 rings (SSSR count). The van der Waals surface area contributed by atoms with E-state index >= 15 is 0 Å². The van der Waals surface area contributed by atoms with Crippen molar-refractivity contribution in [3.8, 4) is 5.75 Å². The van der Waals surface area contributed by atoms with Crippen LogP contribution in [0.25, 0.3) is 5.76 Å². The molecule has 0 aromatic heterocycles. The van der Waals surface area contributed by atoms with Crippen molar-refractivity contribution in [3.63, 3.8) is 0 Å². The number of phenolic OH excluding ortho intramolecular Hbond substituents is 1. The van der Waals surface area contributed by atoms with Gasteiger partial charge in [-0.3, -0.25) is 14.4 Å². The van der Waals surface area contributed by atoms with Crippen molar-refractivity contribution in [2.75, 3.05) is 24.3 Å². The number of benzene rings is 2. The van der Waals surface area contributed by atoms with E-state index in [0.29, 0.717) is 11.3 Å². The van der Waals surface area contributed by atoms with Gasteiger partial charge in [-0.1, -0.05) is 0 Å². The highest BCUT2D eigenvalue weighted by Crippen LogP contribution is 2.53. The lowest BCUT2D eigenvalue weighted by atomic mass is 9.56. The van der Waals surface area contributed by atoms with Crippen molar-refractivity contribution in [1.82, 2.24) is 0 Å². The molecule has 1 amide bonds. The molecule has 5 atom stereocenters. The third-order valence-corrected chi connectivity index (χ3v) is 8.25. The van der Waals surface area contributed by atoms with E-state index in [2.05, 4.69) is 5.32 Å². The molecular weight excluding hydrogens is 528 g/mol. The molecule has 3 aliphatic carbocycles. The number of fused-ring (bicyclic) bond motifs is 3. The van der Waals surface area contributed by atoms with Crippen molar-refractivity contribution in [2.24, 2.45) is 23.5 Å². The number of aromatic hydroxyl groups is 1. The zero-order valence-corrected chi connectivity index (χ0v) is 21.7. The molecule has 0 aliphatic heterocycles. The number of nitrogens with zero attached hydrogens (tertiary/aromatic N) is 1. The first-order valence-electron chi connectivity index (χ1n) is 12.7. The van der Waals surface area contributed by atoms with Crippen LogP contribution in [0.1, 0.15) is 29.5 Å². The summed E-state index contributed by atoms with van der Waals surface area (Å²) in [4.78, 5) is 40.5. The number of primary amides is 1. The quantitative estimate of drug-likeness (QED) is 0.235. The molecule has 0 heterocycles. The molecule has 7 N–H and O–H groups in total. The van der Waals surface area contributed by atoms with E-state index in [1.807, 2.05) is 0 Å². The summed E-state index contributed by atoms with van der Waals surface area (Å²) in [5.74, 6) is -9.54. The molecule has 3 aliphatic rings. The summed E-state index contributed by atoms with van der Waals surface area (Å²) in [7, 11) is 3.47. The SMILES string of the molecule is CN(C)c1cc(NCc2cc(F)cc(F)c2)c(O)c2c1C[C@H]1C[C@H]3CC(O)C(C(N)=O)C(=O)[C@@]3(O)C(=O)C1=C2O. The summed E-state index contributed by atoms with van der Waals surface area (Å²) < 4.78 is 27.3. The second-order valence-electron chi connectivity index (χ2n) is 10.9. The van der Waals surface area contributed by atoms with E-state index in [0.717, 1.165) is 18.2 Å². The third kappa shape index (κ3) is 4.09. The number of halogens is 2. The topological polar surface area (TPSA) is 173 Å². The van der Waals surface area contributed by atoms with E-state index in [1.165, 1.54) is 0 Å². The summed E-state index contributed by atoms with van der Waals surface area (Å²) in [6.45, 7) is -0.0838. The Hall–Kier alpha value is -4.03. The number of amides is 1. The van der Waals surface area contributed by atoms with Gasteiger partial charge < -0.3 is 36.4 Å². The smallest absolute Gasteiger partial charge is 0.230 e. The van der Waals surface area contributed by atoms with Crippen LogP contribution < -0.4 is 16.0 Å². The fourth-order valence-electron chi connectivity index (χ4n) is 6.42. The minimum atomic E-state index is -2.67. The van der Waals surface area contributed by atoms with Crippen LogP contribution in [-0.4, -0.2) is 63.7 Å². The second-order valence-corrected chi connectivity index (χ2v) is 10.9. The number of aliphatic hydroxyl groups is 3. The zero-order chi connectivity index (χ0) is 29.3. The number of carbonyl (C=O) groups excluding carboxylic acids is 3. The normalized spacial score (nSPS) is 27.6. The van der Waals surface area contributed by atoms with Crippen molar-refractivity contribution >= 4 is 34.6 Å². The Morgan fingerprint density at radius 1 is 1.12 bits per heavy atom. The summed E-state index contributed by atoms with van der Waals surface area (Å²) in [5, 5.41) is 47.3. The fourth-order valence-corrected chi connectivity index (χ4v) is 6.42. The van der Waals surface area contributed by atoms with Gasteiger partial charge in [0, 0.05) is 43.9 Å².